The van der Waals surface area contributed by atoms with Crippen LogP contribution < -0.4 is 20.1 Å². The van der Waals surface area contributed by atoms with Gasteiger partial charge in [0.1, 0.15) is 5.76 Å². The highest BCUT2D eigenvalue weighted by Gasteiger charge is 2.25. The van der Waals surface area contributed by atoms with Gasteiger partial charge in [-0.2, -0.15) is 0 Å². The molecule has 0 saturated carbocycles. The van der Waals surface area contributed by atoms with Crippen LogP contribution in [-0.2, 0) is 0 Å². The van der Waals surface area contributed by atoms with Gasteiger partial charge in [-0.3, -0.25) is 9.89 Å². The molecule has 2 aromatic rings. The lowest BCUT2D eigenvalue weighted by Gasteiger charge is -2.24. The molecular weight excluding hydrogens is 495 g/mol. The fraction of sp³-hybridized carbons (Fsp3) is 0.500. The number of hydrogen-bond acceptors (Lipinski definition) is 5. The van der Waals surface area contributed by atoms with Crippen LogP contribution in [0.4, 0.5) is 5.69 Å². The zero-order valence-electron chi connectivity index (χ0n) is 17.4. The largest absolute Gasteiger partial charge is 0.490 e. The van der Waals surface area contributed by atoms with Gasteiger partial charge in [0, 0.05) is 24.7 Å². The SMILES string of the molecule is CCNC(=NCC(c1ccco1)N1CCCC1)Nc1ccc2c(c1)OCCCO2.I. The molecule has 1 saturated heterocycles. The van der Waals surface area contributed by atoms with Crippen LogP contribution in [0.5, 0.6) is 11.5 Å². The number of guanidine groups is 1. The topological polar surface area (TPSA) is 71.3 Å². The van der Waals surface area contributed by atoms with Crippen LogP contribution in [0.25, 0.3) is 0 Å². The third kappa shape index (κ3) is 5.81. The molecule has 1 aromatic heterocycles. The van der Waals surface area contributed by atoms with E-state index in [1.54, 1.807) is 6.26 Å². The van der Waals surface area contributed by atoms with Gasteiger partial charge in [0.2, 0.25) is 0 Å². The maximum atomic E-state index is 5.80. The molecule has 0 amide bonds. The number of ether oxygens (including phenoxy) is 2. The molecule has 4 rings (SSSR count). The van der Waals surface area contributed by atoms with E-state index in [-0.39, 0.29) is 30.0 Å². The zero-order chi connectivity index (χ0) is 19.9. The van der Waals surface area contributed by atoms with Crippen molar-refractivity contribution in [3.63, 3.8) is 0 Å². The molecule has 1 unspecified atom stereocenters. The summed E-state index contributed by atoms with van der Waals surface area (Å²) in [5.41, 5.74) is 0.921. The number of furan rings is 1. The maximum absolute atomic E-state index is 5.80. The summed E-state index contributed by atoms with van der Waals surface area (Å²) in [7, 11) is 0. The van der Waals surface area contributed by atoms with Crippen molar-refractivity contribution < 1.29 is 13.9 Å². The molecule has 164 valence electrons. The van der Waals surface area contributed by atoms with Crippen LogP contribution >= 0.6 is 24.0 Å². The predicted octanol–water partition coefficient (Wildman–Crippen LogP) is 4.27. The summed E-state index contributed by atoms with van der Waals surface area (Å²) in [4.78, 5) is 7.32. The number of benzene rings is 1. The fourth-order valence-electron chi connectivity index (χ4n) is 3.78. The average Bonchev–Trinajstić information content (AvgIpc) is 3.40. The molecule has 2 aliphatic heterocycles. The van der Waals surface area contributed by atoms with E-state index in [9.17, 15) is 0 Å². The quantitative estimate of drug-likeness (QED) is 0.333. The summed E-state index contributed by atoms with van der Waals surface area (Å²) < 4.78 is 17.2. The van der Waals surface area contributed by atoms with Gasteiger partial charge >= 0.3 is 0 Å². The minimum Gasteiger partial charge on any atom is -0.490 e. The number of fused-ring (bicyclic) bond motifs is 1. The number of halogens is 1. The standard InChI is InChI=1S/C22H30N4O3.HI/c1-2-23-22(25-17-8-9-20-21(15-17)29-14-6-13-28-20)24-16-18(19-7-5-12-27-19)26-10-3-4-11-26;/h5,7-9,12,15,18H,2-4,6,10-11,13-14,16H2,1H3,(H2,23,24,25);1H. The molecule has 30 heavy (non-hydrogen) atoms. The highest BCUT2D eigenvalue weighted by atomic mass is 127. The van der Waals surface area contributed by atoms with Gasteiger partial charge in [-0.15, -0.1) is 24.0 Å². The molecule has 0 bridgehead atoms. The number of nitrogens with one attached hydrogen (secondary N) is 2. The lowest BCUT2D eigenvalue weighted by Crippen LogP contribution is -2.33. The molecule has 1 aromatic carbocycles. The van der Waals surface area contributed by atoms with Gasteiger partial charge in [-0.1, -0.05) is 0 Å². The summed E-state index contributed by atoms with van der Waals surface area (Å²) in [6, 6.07) is 10.1. The fourth-order valence-corrected chi connectivity index (χ4v) is 3.78. The van der Waals surface area contributed by atoms with Crippen LogP contribution in [0, 0.1) is 0 Å². The second kappa shape index (κ2) is 11.5. The second-order valence-electron chi connectivity index (χ2n) is 7.33. The Labute approximate surface area is 195 Å². The average molecular weight is 526 g/mol. The molecule has 3 heterocycles. The van der Waals surface area contributed by atoms with E-state index in [0.717, 1.165) is 55.0 Å². The van der Waals surface area contributed by atoms with Crippen LogP contribution in [0.1, 0.15) is 38.0 Å². The maximum Gasteiger partial charge on any atom is 0.195 e. The van der Waals surface area contributed by atoms with Crippen molar-refractivity contribution in [1.29, 1.82) is 0 Å². The number of rotatable bonds is 6. The Morgan fingerprint density at radius 3 is 2.63 bits per heavy atom. The van der Waals surface area contributed by atoms with Crippen molar-refractivity contribution in [2.75, 3.05) is 44.7 Å². The smallest absolute Gasteiger partial charge is 0.195 e. The first kappa shape index (κ1) is 22.7. The number of aliphatic imine (C=N–C) groups is 1. The van der Waals surface area contributed by atoms with Crippen LogP contribution in [0.15, 0.2) is 46.0 Å². The first-order valence-corrected chi connectivity index (χ1v) is 10.6. The molecule has 1 fully saturated rings. The Balaban J connectivity index is 0.00000256. The molecule has 0 spiro atoms. The monoisotopic (exact) mass is 526 g/mol. The molecule has 0 radical (unpaired) electrons. The van der Waals surface area contributed by atoms with Crippen LogP contribution in [-0.4, -0.2) is 50.3 Å². The molecule has 2 aliphatic rings. The Kier molecular flexibility index (Phi) is 8.68. The number of nitrogens with zero attached hydrogens (tertiary/aromatic N) is 2. The molecule has 7 nitrogen and oxygen atoms in total. The molecule has 0 aliphatic carbocycles. The van der Waals surface area contributed by atoms with Crippen molar-refractivity contribution in [2.45, 2.75) is 32.2 Å². The number of hydrogen-bond donors (Lipinski definition) is 2. The van der Waals surface area contributed by atoms with Gasteiger partial charge in [0.15, 0.2) is 17.5 Å². The lowest BCUT2D eigenvalue weighted by molar-refractivity contribution is 0.221. The number of anilines is 1. The van der Waals surface area contributed by atoms with Crippen molar-refractivity contribution in [3.05, 3.63) is 42.4 Å². The minimum absolute atomic E-state index is 0. The van der Waals surface area contributed by atoms with E-state index >= 15 is 0 Å². The van der Waals surface area contributed by atoms with E-state index in [1.165, 1.54) is 12.8 Å². The summed E-state index contributed by atoms with van der Waals surface area (Å²) >= 11 is 0. The van der Waals surface area contributed by atoms with Crippen LogP contribution in [0.2, 0.25) is 0 Å². The van der Waals surface area contributed by atoms with Crippen molar-refractivity contribution >= 4 is 35.6 Å². The summed E-state index contributed by atoms with van der Waals surface area (Å²) in [5.74, 6) is 3.29. The van der Waals surface area contributed by atoms with Gasteiger partial charge in [-0.05, 0) is 57.1 Å². The summed E-state index contributed by atoms with van der Waals surface area (Å²) in [6.07, 6.45) is 5.10. The van der Waals surface area contributed by atoms with Gasteiger partial charge in [0.05, 0.1) is 32.1 Å². The van der Waals surface area contributed by atoms with Gasteiger partial charge in [-0.25, -0.2) is 0 Å². The van der Waals surface area contributed by atoms with E-state index in [4.69, 9.17) is 18.9 Å². The predicted molar refractivity (Wildman–Crippen MR) is 129 cm³/mol. The first-order chi connectivity index (χ1) is 14.3. The van der Waals surface area contributed by atoms with E-state index in [1.807, 2.05) is 30.3 Å². The third-order valence-electron chi connectivity index (χ3n) is 5.23. The van der Waals surface area contributed by atoms with Gasteiger partial charge in [0.25, 0.3) is 0 Å². The van der Waals surface area contributed by atoms with E-state index in [0.29, 0.717) is 19.8 Å². The van der Waals surface area contributed by atoms with Gasteiger partial charge < -0.3 is 24.5 Å². The Morgan fingerprint density at radius 1 is 1.10 bits per heavy atom. The Bertz CT molecular complexity index is 807. The molecular formula is C22H31IN4O3. The number of likely N-dealkylation sites (tertiary alicyclic amines) is 1. The van der Waals surface area contributed by atoms with Crippen molar-refractivity contribution in [2.24, 2.45) is 4.99 Å². The normalized spacial score (nSPS) is 17.7. The van der Waals surface area contributed by atoms with Crippen molar-refractivity contribution in [1.82, 2.24) is 10.2 Å². The minimum atomic E-state index is 0. The highest BCUT2D eigenvalue weighted by molar-refractivity contribution is 14.0. The summed E-state index contributed by atoms with van der Waals surface area (Å²) in [6.45, 7) is 7.02. The van der Waals surface area contributed by atoms with Crippen molar-refractivity contribution in [3.8, 4) is 11.5 Å². The van der Waals surface area contributed by atoms with E-state index < -0.39 is 0 Å². The Hall–Kier alpha value is -1.94. The van der Waals surface area contributed by atoms with Crippen LogP contribution in [0.3, 0.4) is 0 Å². The second-order valence-corrected chi connectivity index (χ2v) is 7.33. The van der Waals surface area contributed by atoms with E-state index in [2.05, 4.69) is 22.5 Å². The zero-order valence-corrected chi connectivity index (χ0v) is 19.8. The molecule has 8 heteroatoms. The highest BCUT2D eigenvalue weighted by Crippen LogP contribution is 2.32. The Morgan fingerprint density at radius 2 is 1.90 bits per heavy atom. The summed E-state index contributed by atoms with van der Waals surface area (Å²) in [5, 5.41) is 6.73. The molecule has 1 atom stereocenters. The third-order valence-corrected chi connectivity index (χ3v) is 5.23. The lowest BCUT2D eigenvalue weighted by atomic mass is 10.2. The first-order valence-electron chi connectivity index (χ1n) is 10.6. The molecule has 2 N–H and O–H groups in total.